The number of hydrogen-bond acceptors (Lipinski definition) is 10. The van der Waals surface area contributed by atoms with Crippen LogP contribution in [-0.2, 0) is 16.1 Å². The molecule has 0 aliphatic carbocycles. The Hall–Kier alpha value is -4.52. The predicted octanol–water partition coefficient (Wildman–Crippen LogP) is 3.85. The minimum Gasteiger partial charge on any atom is -0.481 e. The van der Waals surface area contributed by atoms with Gasteiger partial charge >= 0.3 is 24.3 Å². The summed E-state index contributed by atoms with van der Waals surface area (Å²) in [7, 11) is 1.62. The number of carboxylic acid groups (broad SMARTS) is 2. The largest absolute Gasteiger partial charge is 0.490 e. The molecule has 0 bridgehead atoms. The number of nitrogens with zero attached hydrogens (tertiary/aromatic N) is 7. The van der Waals surface area contributed by atoms with Crippen LogP contribution in [0.25, 0.3) is 16.9 Å². The molecule has 5 heterocycles. The molecule has 0 amide bonds. The van der Waals surface area contributed by atoms with Gasteiger partial charge in [-0.05, 0) is 6.07 Å². The van der Waals surface area contributed by atoms with Crippen molar-refractivity contribution in [1.82, 2.24) is 29.2 Å². The summed E-state index contributed by atoms with van der Waals surface area (Å²) >= 11 is 1.71. The van der Waals surface area contributed by atoms with Gasteiger partial charge in [0.1, 0.15) is 5.01 Å². The molecule has 0 spiro atoms. The van der Waals surface area contributed by atoms with E-state index in [-0.39, 0.29) is 0 Å². The summed E-state index contributed by atoms with van der Waals surface area (Å²) in [4.78, 5) is 40.6. The third-order valence-corrected chi connectivity index (χ3v) is 6.41. The van der Waals surface area contributed by atoms with E-state index in [2.05, 4.69) is 34.1 Å². The molecule has 5 rings (SSSR count). The van der Waals surface area contributed by atoms with Gasteiger partial charge in [0.15, 0.2) is 11.5 Å². The third kappa shape index (κ3) is 9.23. The molecule has 4 aromatic rings. The number of hydrogen-bond donors (Lipinski definition) is 2. The Bertz CT molecular complexity index is 1470. The van der Waals surface area contributed by atoms with Gasteiger partial charge in [-0.15, -0.1) is 11.3 Å². The molecule has 1 fully saturated rings. The Labute approximate surface area is 242 Å². The molecular weight excluding hydrogens is 612 g/mol. The van der Waals surface area contributed by atoms with Crippen molar-refractivity contribution in [3.8, 4) is 17.1 Å². The van der Waals surface area contributed by atoms with Crippen molar-refractivity contribution in [2.45, 2.75) is 18.9 Å². The Balaban J connectivity index is 0.000000303. The van der Waals surface area contributed by atoms with Crippen LogP contribution in [0.2, 0.25) is 0 Å². The van der Waals surface area contributed by atoms with E-state index >= 15 is 0 Å². The summed E-state index contributed by atoms with van der Waals surface area (Å²) < 4.78 is 70.7. The van der Waals surface area contributed by atoms with Gasteiger partial charge in [0.25, 0.3) is 0 Å². The van der Waals surface area contributed by atoms with Crippen molar-refractivity contribution < 1.29 is 50.9 Å². The predicted molar refractivity (Wildman–Crippen MR) is 140 cm³/mol. The second-order valence-corrected chi connectivity index (χ2v) is 9.45. The van der Waals surface area contributed by atoms with Crippen LogP contribution in [0.1, 0.15) is 5.01 Å². The van der Waals surface area contributed by atoms with Crippen molar-refractivity contribution >= 4 is 34.7 Å². The molecule has 4 aromatic heterocycles. The number of thiazole rings is 1. The third-order valence-electron chi connectivity index (χ3n) is 5.65. The van der Waals surface area contributed by atoms with Gasteiger partial charge < -0.3 is 19.8 Å². The monoisotopic (exact) mass is 635 g/mol. The molecule has 0 atom stereocenters. The lowest BCUT2D eigenvalue weighted by molar-refractivity contribution is -0.193. The van der Waals surface area contributed by atoms with E-state index in [1.165, 1.54) is 5.01 Å². The quantitative estimate of drug-likeness (QED) is 0.309. The number of pyridine rings is 1. The van der Waals surface area contributed by atoms with Crippen molar-refractivity contribution in [1.29, 1.82) is 0 Å². The summed E-state index contributed by atoms with van der Waals surface area (Å²) in [5.41, 5.74) is 2.84. The fourth-order valence-corrected chi connectivity index (χ4v) is 4.29. The molecule has 1 aliphatic rings. The van der Waals surface area contributed by atoms with E-state index in [0.29, 0.717) is 5.88 Å². The first kappa shape index (κ1) is 33.0. The number of ether oxygens (including phenoxy) is 1. The number of fused-ring (bicyclic) bond motifs is 1. The highest BCUT2D eigenvalue weighted by atomic mass is 32.1. The summed E-state index contributed by atoms with van der Waals surface area (Å²) in [5.74, 6) is -3.99. The maximum atomic E-state index is 10.6. The molecule has 0 saturated carbocycles. The van der Waals surface area contributed by atoms with Crippen molar-refractivity contribution in [2.75, 3.05) is 38.2 Å². The molecule has 0 aromatic carbocycles. The molecule has 19 heteroatoms. The number of carboxylic acids is 2. The Kier molecular flexibility index (Phi) is 10.8. The minimum atomic E-state index is -5.08. The van der Waals surface area contributed by atoms with Crippen LogP contribution >= 0.6 is 11.3 Å². The van der Waals surface area contributed by atoms with E-state index in [0.717, 1.165) is 55.4 Å². The molecular formula is C24H23F6N7O5S. The molecule has 1 aliphatic heterocycles. The highest BCUT2D eigenvalue weighted by Crippen LogP contribution is 2.26. The Morgan fingerprint density at radius 2 is 1.53 bits per heavy atom. The highest BCUT2D eigenvalue weighted by Gasteiger charge is 2.38. The number of halogens is 6. The van der Waals surface area contributed by atoms with Crippen LogP contribution in [0, 0.1) is 0 Å². The van der Waals surface area contributed by atoms with E-state index in [4.69, 9.17) is 24.5 Å². The van der Waals surface area contributed by atoms with Gasteiger partial charge in [0, 0.05) is 68.0 Å². The normalized spacial score (nSPS) is 13.9. The number of anilines is 1. The average Bonchev–Trinajstić information content (AvgIpc) is 3.63. The van der Waals surface area contributed by atoms with Gasteiger partial charge in [-0.1, -0.05) is 0 Å². The smallest absolute Gasteiger partial charge is 0.481 e. The lowest BCUT2D eigenvalue weighted by Crippen LogP contribution is -2.46. The van der Waals surface area contributed by atoms with E-state index in [1.807, 2.05) is 42.3 Å². The van der Waals surface area contributed by atoms with Gasteiger partial charge in [-0.2, -0.15) is 26.3 Å². The second-order valence-electron chi connectivity index (χ2n) is 8.47. The van der Waals surface area contributed by atoms with Crippen LogP contribution < -0.4 is 9.64 Å². The average molecular weight is 636 g/mol. The number of alkyl halides is 6. The van der Waals surface area contributed by atoms with Gasteiger partial charge in [-0.3, -0.25) is 9.30 Å². The molecule has 1 saturated heterocycles. The maximum Gasteiger partial charge on any atom is 0.490 e. The number of carbonyl (C=O) groups is 2. The van der Waals surface area contributed by atoms with Crippen LogP contribution in [0.5, 0.6) is 5.88 Å². The lowest BCUT2D eigenvalue weighted by Gasteiger charge is -2.34. The van der Waals surface area contributed by atoms with E-state index in [1.54, 1.807) is 24.6 Å². The van der Waals surface area contributed by atoms with Gasteiger partial charge in [0.05, 0.1) is 25.5 Å². The number of aliphatic carboxylic acids is 2. The first-order valence-corrected chi connectivity index (χ1v) is 12.9. The SMILES string of the molecule is COc1ccc(-c2cnc3c(N4CCN(Cc5nccs5)CC4)nccn23)cn1.O=C(O)C(F)(F)F.O=C(O)C(F)(F)F. The molecule has 43 heavy (non-hydrogen) atoms. The molecule has 12 nitrogen and oxygen atoms in total. The summed E-state index contributed by atoms with van der Waals surface area (Å²) in [6.07, 6.45) is -0.825. The number of rotatable bonds is 5. The standard InChI is InChI=1S/C20H21N7OS.2C2HF3O2/c1-28-17-3-2-15(12-23-17)16-13-24-20-19(22-4-6-27(16)20)26-9-7-25(8-10-26)14-18-21-5-11-29-18;2*3-2(4,5)1(6)7/h2-6,11-13H,7-10,14H2,1H3;2*(H,6,7). The lowest BCUT2D eigenvalue weighted by atomic mass is 10.2. The van der Waals surface area contributed by atoms with Gasteiger partial charge in [0.2, 0.25) is 5.88 Å². The summed E-state index contributed by atoms with van der Waals surface area (Å²) in [5, 5.41) is 17.5. The number of methoxy groups -OCH3 is 1. The Morgan fingerprint density at radius 1 is 0.907 bits per heavy atom. The van der Waals surface area contributed by atoms with E-state index < -0.39 is 24.3 Å². The fourth-order valence-electron chi connectivity index (χ4n) is 3.63. The van der Waals surface area contributed by atoms with Crippen molar-refractivity contribution in [3.05, 3.63) is 53.5 Å². The molecule has 2 N–H and O–H groups in total. The summed E-state index contributed by atoms with van der Waals surface area (Å²) in [6.45, 7) is 4.73. The molecule has 232 valence electrons. The number of piperazine rings is 1. The number of imidazole rings is 1. The van der Waals surface area contributed by atoms with Crippen molar-refractivity contribution in [2.24, 2.45) is 0 Å². The Morgan fingerprint density at radius 3 is 2.02 bits per heavy atom. The van der Waals surface area contributed by atoms with Crippen LogP contribution in [0.15, 0.2) is 48.5 Å². The van der Waals surface area contributed by atoms with Gasteiger partial charge in [-0.25, -0.2) is 29.5 Å². The van der Waals surface area contributed by atoms with Crippen LogP contribution in [0.4, 0.5) is 32.2 Å². The zero-order chi connectivity index (χ0) is 31.8. The maximum absolute atomic E-state index is 10.6. The van der Waals surface area contributed by atoms with Crippen LogP contribution in [-0.4, -0.2) is 97.0 Å². The molecule has 0 unspecified atom stereocenters. The zero-order valence-electron chi connectivity index (χ0n) is 22.1. The van der Waals surface area contributed by atoms with Crippen molar-refractivity contribution in [3.63, 3.8) is 0 Å². The first-order chi connectivity index (χ1) is 20.2. The minimum absolute atomic E-state index is 0.598. The second kappa shape index (κ2) is 14.1. The first-order valence-electron chi connectivity index (χ1n) is 12.0. The summed E-state index contributed by atoms with van der Waals surface area (Å²) in [6, 6.07) is 3.85. The van der Waals surface area contributed by atoms with Crippen LogP contribution in [0.3, 0.4) is 0 Å². The number of aromatic nitrogens is 5. The molecule has 0 radical (unpaired) electrons. The zero-order valence-corrected chi connectivity index (χ0v) is 22.9. The highest BCUT2D eigenvalue weighted by molar-refractivity contribution is 7.09. The topological polar surface area (TPSA) is 146 Å². The van der Waals surface area contributed by atoms with E-state index in [9.17, 15) is 26.3 Å². The fraction of sp³-hybridized carbons (Fsp3) is 0.333.